The van der Waals surface area contributed by atoms with Crippen molar-refractivity contribution in [1.29, 1.82) is 0 Å². The Bertz CT molecular complexity index is 2740. The van der Waals surface area contributed by atoms with Gasteiger partial charge in [-0.25, -0.2) is 0 Å². The van der Waals surface area contributed by atoms with Crippen LogP contribution in [0.3, 0.4) is 0 Å². The molecule has 0 radical (unpaired) electrons. The molecule has 242 valence electrons. The first-order chi connectivity index (χ1) is 25.2. The van der Waals surface area contributed by atoms with Gasteiger partial charge in [0.2, 0.25) is 0 Å². The van der Waals surface area contributed by atoms with Gasteiger partial charge in [-0.2, -0.15) is 0 Å². The first-order valence-corrected chi connectivity index (χ1v) is 17.5. The van der Waals surface area contributed by atoms with E-state index in [2.05, 4.69) is 205 Å². The molecule has 0 aliphatic heterocycles. The zero-order valence-corrected chi connectivity index (χ0v) is 28.5. The van der Waals surface area contributed by atoms with Gasteiger partial charge in [0.1, 0.15) is 0 Å². The highest BCUT2D eigenvalue weighted by molar-refractivity contribution is 6.24. The third-order valence-corrected chi connectivity index (χ3v) is 10.0. The standard InChI is InChI=1S/C49H36N2/c1-3-15-44-42(4-2)48-46(51(44)41-23-14-22-39(33-41)38-21-13-20-37(32-38)35-18-9-6-10-19-35)30-31-47-49(48)43-24-11-12-25-45(43)50(47)40-28-26-36(27-29-40)34-16-7-5-8-17-34/h3-33H,2H2,1H3/b15-3-. The third kappa shape index (κ3) is 5.12. The number of fused-ring (bicyclic) bond motifs is 5. The van der Waals surface area contributed by atoms with Gasteiger partial charge in [0.15, 0.2) is 0 Å². The molecule has 2 nitrogen and oxygen atoms in total. The van der Waals surface area contributed by atoms with Crippen LogP contribution in [-0.4, -0.2) is 9.13 Å². The molecule has 9 rings (SSSR count). The van der Waals surface area contributed by atoms with Gasteiger partial charge < -0.3 is 9.13 Å². The van der Waals surface area contributed by atoms with Crippen molar-refractivity contribution < 1.29 is 0 Å². The Morgan fingerprint density at radius 2 is 0.980 bits per heavy atom. The van der Waals surface area contributed by atoms with Crippen LogP contribution in [0, 0.1) is 0 Å². The lowest BCUT2D eigenvalue weighted by Crippen LogP contribution is -1.98. The molecule has 2 aromatic heterocycles. The summed E-state index contributed by atoms with van der Waals surface area (Å²) in [7, 11) is 0. The number of benzene rings is 7. The Morgan fingerprint density at radius 3 is 1.67 bits per heavy atom. The Hall–Kier alpha value is -6.64. The zero-order chi connectivity index (χ0) is 34.3. The molecule has 2 heteroatoms. The van der Waals surface area contributed by atoms with Crippen molar-refractivity contribution in [3.8, 4) is 44.8 Å². The maximum atomic E-state index is 4.37. The van der Waals surface area contributed by atoms with Crippen molar-refractivity contribution in [2.24, 2.45) is 0 Å². The molecule has 0 aliphatic rings. The average molecular weight is 653 g/mol. The first kappa shape index (κ1) is 30.4. The van der Waals surface area contributed by atoms with E-state index in [1.54, 1.807) is 0 Å². The maximum absolute atomic E-state index is 4.37. The van der Waals surface area contributed by atoms with E-state index in [9.17, 15) is 0 Å². The van der Waals surface area contributed by atoms with Crippen LogP contribution in [0.2, 0.25) is 0 Å². The van der Waals surface area contributed by atoms with E-state index in [1.165, 1.54) is 60.6 Å². The monoisotopic (exact) mass is 652 g/mol. The number of hydrogen-bond donors (Lipinski definition) is 0. The van der Waals surface area contributed by atoms with E-state index >= 15 is 0 Å². The van der Waals surface area contributed by atoms with Crippen LogP contribution in [0.15, 0.2) is 183 Å². The number of para-hydroxylation sites is 1. The van der Waals surface area contributed by atoms with Crippen molar-refractivity contribution >= 4 is 44.9 Å². The molecule has 0 bridgehead atoms. The first-order valence-electron chi connectivity index (χ1n) is 17.5. The fourth-order valence-corrected chi connectivity index (χ4v) is 7.74. The number of hydrogen-bond acceptors (Lipinski definition) is 0. The summed E-state index contributed by atoms with van der Waals surface area (Å²) in [6, 6.07) is 61.1. The zero-order valence-electron chi connectivity index (χ0n) is 28.5. The number of nitrogens with zero attached hydrogens (tertiary/aromatic N) is 2. The van der Waals surface area contributed by atoms with Crippen LogP contribution in [0.1, 0.15) is 18.2 Å². The fraction of sp³-hybridized carbons (Fsp3) is 0.0204. The summed E-state index contributed by atoms with van der Waals surface area (Å²) in [5, 5.41) is 3.67. The molecule has 7 aromatic carbocycles. The van der Waals surface area contributed by atoms with Crippen molar-refractivity contribution in [2.75, 3.05) is 0 Å². The molecule has 0 atom stereocenters. The van der Waals surface area contributed by atoms with Crippen molar-refractivity contribution in [2.45, 2.75) is 6.92 Å². The highest BCUT2D eigenvalue weighted by atomic mass is 15.0. The van der Waals surface area contributed by atoms with Crippen LogP contribution in [0.5, 0.6) is 0 Å². The van der Waals surface area contributed by atoms with E-state index in [4.69, 9.17) is 0 Å². The lowest BCUT2D eigenvalue weighted by Gasteiger charge is -2.13. The lowest BCUT2D eigenvalue weighted by atomic mass is 9.99. The Morgan fingerprint density at radius 1 is 0.431 bits per heavy atom. The fourth-order valence-electron chi connectivity index (χ4n) is 7.74. The lowest BCUT2D eigenvalue weighted by molar-refractivity contribution is 1.10. The summed E-state index contributed by atoms with van der Waals surface area (Å²) in [4.78, 5) is 0. The van der Waals surface area contributed by atoms with E-state index in [0.29, 0.717) is 0 Å². The molecule has 0 amide bonds. The maximum Gasteiger partial charge on any atom is 0.0548 e. The van der Waals surface area contributed by atoms with Crippen LogP contribution in [-0.2, 0) is 0 Å². The second-order valence-corrected chi connectivity index (χ2v) is 13.0. The SMILES string of the molecule is C=Cc1c(/C=C\C)n(-c2cccc(-c3cccc(-c4ccccc4)c3)c2)c2ccc3c(c4ccccc4n3-c3ccc(-c4ccccc4)cc3)c12. The van der Waals surface area contributed by atoms with E-state index in [-0.39, 0.29) is 0 Å². The summed E-state index contributed by atoms with van der Waals surface area (Å²) in [5.41, 5.74) is 15.2. The molecular formula is C49H36N2. The summed E-state index contributed by atoms with van der Waals surface area (Å²) in [6.07, 6.45) is 6.37. The van der Waals surface area contributed by atoms with Gasteiger partial charge in [-0.1, -0.05) is 140 Å². The molecule has 9 aromatic rings. The summed E-state index contributed by atoms with van der Waals surface area (Å²) >= 11 is 0. The van der Waals surface area contributed by atoms with Crippen LogP contribution in [0.4, 0.5) is 0 Å². The van der Waals surface area contributed by atoms with E-state index in [0.717, 1.165) is 28.1 Å². The van der Waals surface area contributed by atoms with Crippen molar-refractivity contribution in [3.05, 3.63) is 194 Å². The van der Waals surface area contributed by atoms with Crippen molar-refractivity contribution in [3.63, 3.8) is 0 Å². The number of rotatable bonds is 7. The van der Waals surface area contributed by atoms with Gasteiger partial charge in [0, 0.05) is 33.1 Å². The van der Waals surface area contributed by atoms with Crippen LogP contribution < -0.4 is 0 Å². The minimum Gasteiger partial charge on any atom is -0.309 e. The minimum atomic E-state index is 1.11. The minimum absolute atomic E-state index is 1.11. The second kappa shape index (κ2) is 12.7. The Kier molecular flexibility index (Phi) is 7.56. The van der Waals surface area contributed by atoms with Gasteiger partial charge in [0.25, 0.3) is 0 Å². The predicted molar refractivity (Wildman–Crippen MR) is 219 cm³/mol. The highest BCUT2D eigenvalue weighted by Gasteiger charge is 2.22. The summed E-state index contributed by atoms with van der Waals surface area (Å²) < 4.78 is 4.80. The van der Waals surface area contributed by atoms with E-state index in [1.807, 2.05) is 6.08 Å². The smallest absolute Gasteiger partial charge is 0.0548 e. The molecule has 0 unspecified atom stereocenters. The molecule has 0 saturated carbocycles. The summed E-state index contributed by atoms with van der Waals surface area (Å²) in [6.45, 7) is 6.46. The van der Waals surface area contributed by atoms with Gasteiger partial charge in [-0.05, 0) is 94.9 Å². The molecule has 0 aliphatic carbocycles. The normalized spacial score (nSPS) is 11.6. The van der Waals surface area contributed by atoms with Gasteiger partial charge >= 0.3 is 0 Å². The van der Waals surface area contributed by atoms with Crippen LogP contribution >= 0.6 is 0 Å². The second-order valence-electron chi connectivity index (χ2n) is 13.0. The topological polar surface area (TPSA) is 9.86 Å². The van der Waals surface area contributed by atoms with Crippen molar-refractivity contribution in [1.82, 2.24) is 9.13 Å². The molecule has 2 heterocycles. The molecule has 51 heavy (non-hydrogen) atoms. The van der Waals surface area contributed by atoms with Crippen LogP contribution in [0.25, 0.3) is 89.6 Å². The summed E-state index contributed by atoms with van der Waals surface area (Å²) in [5.74, 6) is 0. The number of aromatic nitrogens is 2. The number of allylic oxidation sites excluding steroid dienone is 1. The highest BCUT2D eigenvalue weighted by Crippen LogP contribution is 2.42. The molecule has 0 spiro atoms. The van der Waals surface area contributed by atoms with Gasteiger partial charge in [-0.15, -0.1) is 0 Å². The Balaban J connectivity index is 1.26. The molecule has 0 fully saturated rings. The largest absolute Gasteiger partial charge is 0.309 e. The van der Waals surface area contributed by atoms with Gasteiger partial charge in [0.05, 0.1) is 22.2 Å². The molecular weight excluding hydrogens is 617 g/mol. The molecule has 0 saturated heterocycles. The quantitative estimate of drug-likeness (QED) is 0.162. The third-order valence-electron chi connectivity index (χ3n) is 10.0. The van der Waals surface area contributed by atoms with E-state index < -0.39 is 0 Å². The Labute approximate surface area is 298 Å². The predicted octanol–water partition coefficient (Wildman–Crippen LogP) is 13.4. The molecule has 0 N–H and O–H groups in total. The average Bonchev–Trinajstić information content (AvgIpc) is 3.71. The van der Waals surface area contributed by atoms with Gasteiger partial charge in [-0.3, -0.25) is 0 Å².